The zero-order valence-electron chi connectivity index (χ0n) is 12.3. The first-order chi connectivity index (χ1) is 10.6. The molecular formula is C16H15NO5. The molecule has 0 bridgehead atoms. The van der Waals surface area contributed by atoms with Gasteiger partial charge in [0.25, 0.3) is 0 Å². The van der Waals surface area contributed by atoms with Crippen molar-refractivity contribution >= 4 is 5.97 Å². The Kier molecular flexibility index (Phi) is 3.58. The van der Waals surface area contributed by atoms with E-state index in [4.69, 9.17) is 14.2 Å². The van der Waals surface area contributed by atoms with Crippen molar-refractivity contribution in [3.05, 3.63) is 41.1 Å². The minimum absolute atomic E-state index is 0.198. The van der Waals surface area contributed by atoms with Gasteiger partial charge in [-0.05, 0) is 31.0 Å². The molecule has 0 spiro atoms. The van der Waals surface area contributed by atoms with Gasteiger partial charge in [0, 0.05) is 12.1 Å². The van der Waals surface area contributed by atoms with Gasteiger partial charge in [-0.1, -0.05) is 6.92 Å². The smallest absolute Gasteiger partial charge is 0.337 e. The Morgan fingerprint density at radius 1 is 1.32 bits per heavy atom. The number of rotatable bonds is 4. The third kappa shape index (κ3) is 2.55. The van der Waals surface area contributed by atoms with Crippen LogP contribution < -0.4 is 14.2 Å². The van der Waals surface area contributed by atoms with Crippen molar-refractivity contribution in [3.63, 3.8) is 0 Å². The van der Waals surface area contributed by atoms with Gasteiger partial charge in [0.15, 0.2) is 11.5 Å². The van der Waals surface area contributed by atoms with Crippen molar-refractivity contribution in [2.45, 2.75) is 20.3 Å². The highest BCUT2D eigenvalue weighted by molar-refractivity contribution is 5.90. The molecule has 1 aliphatic heterocycles. The van der Waals surface area contributed by atoms with Crippen molar-refractivity contribution in [3.8, 4) is 23.1 Å². The largest absolute Gasteiger partial charge is 0.478 e. The summed E-state index contributed by atoms with van der Waals surface area (Å²) < 4.78 is 16.3. The van der Waals surface area contributed by atoms with Crippen LogP contribution in [0.2, 0.25) is 0 Å². The number of carboxylic acids is 1. The zero-order valence-corrected chi connectivity index (χ0v) is 12.3. The molecule has 22 heavy (non-hydrogen) atoms. The first-order valence-electron chi connectivity index (χ1n) is 6.89. The van der Waals surface area contributed by atoms with Gasteiger partial charge in [-0.3, -0.25) is 0 Å². The molecule has 0 unspecified atom stereocenters. The number of nitrogens with zero attached hydrogens (tertiary/aromatic N) is 1. The normalized spacial score (nSPS) is 12.3. The van der Waals surface area contributed by atoms with Crippen LogP contribution in [-0.2, 0) is 6.42 Å². The molecular weight excluding hydrogens is 286 g/mol. The summed E-state index contributed by atoms with van der Waals surface area (Å²) in [6.07, 6.45) is 0.515. The van der Waals surface area contributed by atoms with Crippen molar-refractivity contribution in [1.29, 1.82) is 0 Å². The number of aromatic nitrogens is 1. The second kappa shape index (κ2) is 5.55. The van der Waals surface area contributed by atoms with E-state index in [1.165, 1.54) is 0 Å². The third-order valence-corrected chi connectivity index (χ3v) is 3.38. The van der Waals surface area contributed by atoms with Crippen LogP contribution in [0.3, 0.4) is 0 Å². The summed E-state index contributed by atoms with van der Waals surface area (Å²) in [5.74, 6) is 1.23. The average Bonchev–Trinajstić information content (AvgIpc) is 2.93. The van der Waals surface area contributed by atoms with Crippen LogP contribution in [0.4, 0.5) is 0 Å². The molecule has 0 saturated heterocycles. The predicted octanol–water partition coefficient (Wildman–Crippen LogP) is 3.17. The highest BCUT2D eigenvalue weighted by Gasteiger charge is 2.17. The summed E-state index contributed by atoms with van der Waals surface area (Å²) in [4.78, 5) is 15.6. The van der Waals surface area contributed by atoms with E-state index in [1.54, 1.807) is 31.2 Å². The van der Waals surface area contributed by atoms with E-state index in [2.05, 4.69) is 4.98 Å². The summed E-state index contributed by atoms with van der Waals surface area (Å²) in [6.45, 7) is 3.79. The van der Waals surface area contributed by atoms with E-state index in [0.717, 1.165) is 0 Å². The number of aryl methyl sites for hydroxylation is 2. The molecule has 1 N–H and O–H groups in total. The van der Waals surface area contributed by atoms with Crippen LogP contribution in [0.1, 0.15) is 28.5 Å². The number of fused-ring (bicyclic) bond motifs is 1. The number of carbonyl (C=O) groups is 1. The van der Waals surface area contributed by atoms with Gasteiger partial charge in [-0.25, -0.2) is 9.78 Å². The topological polar surface area (TPSA) is 77.9 Å². The number of ether oxygens (including phenoxy) is 3. The van der Waals surface area contributed by atoms with E-state index in [-0.39, 0.29) is 12.4 Å². The highest BCUT2D eigenvalue weighted by Crippen LogP contribution is 2.36. The number of carboxylic acid groups (broad SMARTS) is 1. The van der Waals surface area contributed by atoms with Crippen LogP contribution in [0.15, 0.2) is 24.3 Å². The zero-order chi connectivity index (χ0) is 15.7. The fourth-order valence-electron chi connectivity index (χ4n) is 2.37. The molecule has 1 aromatic carbocycles. The van der Waals surface area contributed by atoms with Crippen LogP contribution >= 0.6 is 0 Å². The first-order valence-corrected chi connectivity index (χ1v) is 6.89. The van der Waals surface area contributed by atoms with Gasteiger partial charge in [0.2, 0.25) is 12.7 Å². The summed E-state index contributed by atoms with van der Waals surface area (Å²) in [7, 11) is 0. The second-order valence-corrected chi connectivity index (χ2v) is 4.87. The molecule has 6 nitrogen and oxygen atoms in total. The maximum Gasteiger partial charge on any atom is 0.337 e. The monoisotopic (exact) mass is 301 g/mol. The average molecular weight is 301 g/mol. The molecule has 0 aliphatic carbocycles. The summed E-state index contributed by atoms with van der Waals surface area (Å²) in [5.41, 5.74) is 1.36. The van der Waals surface area contributed by atoms with Crippen molar-refractivity contribution in [2.24, 2.45) is 0 Å². The Hall–Kier alpha value is -2.76. The standard InChI is InChI=1S/C16H15NO5/c1-3-11-15(16(18)19)9(2)6-14(17-11)22-10-4-5-12-13(7-10)21-8-20-12/h4-7H,3,8H2,1-2H3,(H,18,19). The Balaban J connectivity index is 1.92. The molecule has 6 heteroatoms. The first kappa shape index (κ1) is 14.2. The Morgan fingerprint density at radius 2 is 2.09 bits per heavy atom. The lowest BCUT2D eigenvalue weighted by Crippen LogP contribution is -2.08. The molecule has 0 atom stereocenters. The fourth-order valence-corrected chi connectivity index (χ4v) is 2.37. The van der Waals surface area contributed by atoms with E-state index >= 15 is 0 Å². The number of benzene rings is 1. The Labute approximate surface area is 127 Å². The maximum atomic E-state index is 11.3. The fraction of sp³-hybridized carbons (Fsp3) is 0.250. The molecule has 2 heterocycles. The van der Waals surface area contributed by atoms with Crippen molar-refractivity contribution < 1.29 is 24.1 Å². The minimum atomic E-state index is -0.975. The second-order valence-electron chi connectivity index (χ2n) is 4.87. The Morgan fingerprint density at radius 3 is 2.82 bits per heavy atom. The third-order valence-electron chi connectivity index (χ3n) is 3.38. The van der Waals surface area contributed by atoms with Crippen molar-refractivity contribution in [2.75, 3.05) is 6.79 Å². The van der Waals surface area contributed by atoms with E-state index in [0.29, 0.717) is 40.8 Å². The van der Waals surface area contributed by atoms with E-state index in [1.807, 2.05) is 6.92 Å². The quantitative estimate of drug-likeness (QED) is 0.934. The van der Waals surface area contributed by atoms with Gasteiger partial charge in [-0.2, -0.15) is 0 Å². The van der Waals surface area contributed by atoms with Gasteiger partial charge >= 0.3 is 5.97 Å². The molecule has 0 radical (unpaired) electrons. The van der Waals surface area contributed by atoms with Crippen LogP contribution in [-0.4, -0.2) is 22.9 Å². The van der Waals surface area contributed by atoms with Gasteiger partial charge < -0.3 is 19.3 Å². The predicted molar refractivity (Wildman–Crippen MR) is 78.0 cm³/mol. The lowest BCUT2D eigenvalue weighted by Gasteiger charge is -2.11. The molecule has 3 rings (SSSR count). The van der Waals surface area contributed by atoms with E-state index in [9.17, 15) is 9.90 Å². The molecule has 0 fully saturated rings. The van der Waals surface area contributed by atoms with Gasteiger partial charge in [-0.15, -0.1) is 0 Å². The van der Waals surface area contributed by atoms with Gasteiger partial charge in [0.05, 0.1) is 11.3 Å². The van der Waals surface area contributed by atoms with Gasteiger partial charge in [0.1, 0.15) is 5.75 Å². The summed E-state index contributed by atoms with van der Waals surface area (Å²) >= 11 is 0. The van der Waals surface area contributed by atoms with Crippen LogP contribution in [0.25, 0.3) is 0 Å². The lowest BCUT2D eigenvalue weighted by molar-refractivity contribution is 0.0694. The molecule has 114 valence electrons. The lowest BCUT2D eigenvalue weighted by atomic mass is 10.1. The summed E-state index contributed by atoms with van der Waals surface area (Å²) in [5, 5.41) is 9.25. The number of aromatic carboxylic acids is 1. The molecule has 1 aliphatic rings. The van der Waals surface area contributed by atoms with Crippen molar-refractivity contribution in [1.82, 2.24) is 4.98 Å². The highest BCUT2D eigenvalue weighted by atomic mass is 16.7. The summed E-state index contributed by atoms with van der Waals surface area (Å²) in [6, 6.07) is 6.85. The molecule has 0 amide bonds. The number of pyridine rings is 1. The van der Waals surface area contributed by atoms with Crippen LogP contribution in [0.5, 0.6) is 23.1 Å². The number of hydrogen-bond acceptors (Lipinski definition) is 5. The molecule has 0 saturated carbocycles. The van der Waals surface area contributed by atoms with Crippen LogP contribution in [0, 0.1) is 6.92 Å². The molecule has 1 aromatic heterocycles. The minimum Gasteiger partial charge on any atom is -0.478 e. The number of hydrogen-bond donors (Lipinski definition) is 1. The van der Waals surface area contributed by atoms with E-state index < -0.39 is 5.97 Å². The Bertz CT molecular complexity index is 742. The maximum absolute atomic E-state index is 11.3. The molecule has 2 aromatic rings. The SMILES string of the molecule is CCc1nc(Oc2ccc3c(c2)OCO3)cc(C)c1C(=O)O.